The summed E-state index contributed by atoms with van der Waals surface area (Å²) in [5.74, 6) is -0.619. The van der Waals surface area contributed by atoms with Crippen LogP contribution in [0, 0.1) is 0 Å². The minimum Gasteiger partial charge on any atom is -0.495 e. The average Bonchev–Trinajstić information content (AvgIpc) is 3.18. The summed E-state index contributed by atoms with van der Waals surface area (Å²) < 4.78 is 5.29. The van der Waals surface area contributed by atoms with Gasteiger partial charge in [0.2, 0.25) is 11.8 Å². The molecule has 8 heteroatoms. The third-order valence-corrected chi connectivity index (χ3v) is 4.81. The van der Waals surface area contributed by atoms with E-state index in [4.69, 9.17) is 4.74 Å². The van der Waals surface area contributed by atoms with Crippen molar-refractivity contribution in [2.24, 2.45) is 0 Å². The average molecular weight is 404 g/mol. The molecular weight excluding hydrogens is 378 g/mol. The first-order valence-corrected chi connectivity index (χ1v) is 9.65. The van der Waals surface area contributed by atoms with E-state index in [1.54, 1.807) is 23.6 Å². The first-order valence-electron chi connectivity index (χ1n) is 8.77. The van der Waals surface area contributed by atoms with Crippen LogP contribution in [0.5, 0.6) is 5.75 Å². The first kappa shape index (κ1) is 21.4. The zero-order valence-corrected chi connectivity index (χ0v) is 17.2. The lowest BCUT2D eigenvalue weighted by Crippen LogP contribution is -2.40. The van der Waals surface area contributed by atoms with Crippen LogP contribution in [0.2, 0.25) is 0 Å². The van der Waals surface area contributed by atoms with Crippen LogP contribution in [0.1, 0.15) is 36.0 Å². The Morgan fingerprint density at radius 2 is 1.75 bits per heavy atom. The fourth-order valence-electron chi connectivity index (χ4n) is 2.36. The fourth-order valence-corrected chi connectivity index (χ4v) is 3.00. The largest absolute Gasteiger partial charge is 0.495 e. The number of amides is 3. The summed E-state index contributed by atoms with van der Waals surface area (Å²) in [6.07, 6.45) is 0. The molecule has 1 aromatic heterocycles. The van der Waals surface area contributed by atoms with Crippen LogP contribution in [-0.4, -0.2) is 37.9 Å². The molecule has 0 spiro atoms. The predicted molar refractivity (Wildman–Crippen MR) is 110 cm³/mol. The van der Waals surface area contributed by atoms with Gasteiger partial charge >= 0.3 is 0 Å². The molecule has 2 aromatic rings. The number of rotatable bonds is 7. The van der Waals surface area contributed by atoms with E-state index in [9.17, 15) is 14.4 Å². The van der Waals surface area contributed by atoms with Gasteiger partial charge in [0.15, 0.2) is 0 Å². The van der Waals surface area contributed by atoms with Gasteiger partial charge in [0.1, 0.15) is 5.75 Å². The van der Waals surface area contributed by atoms with E-state index in [2.05, 4.69) is 36.7 Å². The molecule has 0 bridgehead atoms. The second kappa shape index (κ2) is 9.36. The van der Waals surface area contributed by atoms with Gasteiger partial charge in [-0.2, -0.15) is 0 Å². The van der Waals surface area contributed by atoms with Gasteiger partial charge < -0.3 is 20.7 Å². The standard InChI is InChI=1S/C20H25N3O4S/c1-20(2,3)13-7-8-15(27-4)14(10-13)23-18(25)12-21-17(24)11-22-19(26)16-6-5-9-28-16/h5-10H,11-12H2,1-4H3,(H,21,24)(H,22,26)(H,23,25). The van der Waals surface area contributed by atoms with Crippen molar-refractivity contribution in [2.75, 3.05) is 25.5 Å². The number of carbonyl (C=O) groups is 3. The zero-order chi connectivity index (χ0) is 20.7. The Morgan fingerprint density at radius 1 is 1.04 bits per heavy atom. The van der Waals surface area contributed by atoms with Crippen molar-refractivity contribution >= 4 is 34.7 Å². The number of hydrogen-bond acceptors (Lipinski definition) is 5. The summed E-state index contributed by atoms with van der Waals surface area (Å²) in [4.78, 5) is 36.4. The zero-order valence-electron chi connectivity index (χ0n) is 16.4. The number of ether oxygens (including phenoxy) is 1. The highest BCUT2D eigenvalue weighted by atomic mass is 32.1. The highest BCUT2D eigenvalue weighted by Gasteiger charge is 2.17. The summed E-state index contributed by atoms with van der Waals surface area (Å²) in [5, 5.41) is 9.52. The summed E-state index contributed by atoms with van der Waals surface area (Å²) in [7, 11) is 1.53. The van der Waals surface area contributed by atoms with Crippen molar-refractivity contribution < 1.29 is 19.1 Å². The van der Waals surface area contributed by atoms with Crippen molar-refractivity contribution in [3.8, 4) is 5.75 Å². The minimum atomic E-state index is -0.449. The van der Waals surface area contributed by atoms with E-state index in [0.717, 1.165) is 5.56 Å². The Morgan fingerprint density at radius 3 is 2.36 bits per heavy atom. The Balaban J connectivity index is 1.86. The van der Waals surface area contributed by atoms with Crippen molar-refractivity contribution in [1.29, 1.82) is 0 Å². The molecule has 1 aromatic carbocycles. The molecule has 0 aliphatic rings. The van der Waals surface area contributed by atoms with E-state index in [0.29, 0.717) is 16.3 Å². The lowest BCUT2D eigenvalue weighted by Gasteiger charge is -2.21. The van der Waals surface area contributed by atoms with Crippen molar-refractivity contribution in [2.45, 2.75) is 26.2 Å². The number of carbonyl (C=O) groups excluding carboxylic acids is 3. The van der Waals surface area contributed by atoms with Gasteiger partial charge in [-0.05, 0) is 34.6 Å². The van der Waals surface area contributed by atoms with Crippen LogP contribution in [0.25, 0.3) is 0 Å². The summed E-state index contributed by atoms with van der Waals surface area (Å²) in [5.41, 5.74) is 1.50. The molecule has 28 heavy (non-hydrogen) atoms. The molecule has 1 heterocycles. The van der Waals surface area contributed by atoms with Crippen LogP contribution in [-0.2, 0) is 15.0 Å². The molecule has 2 rings (SSSR count). The molecule has 0 aliphatic carbocycles. The third-order valence-electron chi connectivity index (χ3n) is 3.94. The minimum absolute atomic E-state index is 0.0826. The van der Waals surface area contributed by atoms with Gasteiger partial charge in [0, 0.05) is 0 Å². The van der Waals surface area contributed by atoms with Gasteiger partial charge in [-0.3, -0.25) is 14.4 Å². The van der Waals surface area contributed by atoms with Gasteiger partial charge in [0.05, 0.1) is 30.8 Å². The molecular formula is C20H25N3O4S. The monoisotopic (exact) mass is 403 g/mol. The molecule has 3 amide bonds. The van der Waals surface area contributed by atoms with Crippen LogP contribution >= 0.6 is 11.3 Å². The van der Waals surface area contributed by atoms with E-state index < -0.39 is 5.91 Å². The Kier molecular flexibility index (Phi) is 7.17. The van der Waals surface area contributed by atoms with Crippen LogP contribution < -0.4 is 20.7 Å². The maximum Gasteiger partial charge on any atom is 0.261 e. The summed E-state index contributed by atoms with van der Waals surface area (Å²) in [6, 6.07) is 9.04. The molecule has 0 radical (unpaired) electrons. The number of nitrogens with one attached hydrogen (secondary N) is 3. The van der Waals surface area contributed by atoms with Crippen LogP contribution in [0.15, 0.2) is 35.7 Å². The summed E-state index contributed by atoms with van der Waals surface area (Å²) >= 11 is 1.29. The number of benzene rings is 1. The maximum absolute atomic E-state index is 12.2. The number of anilines is 1. The second-order valence-electron chi connectivity index (χ2n) is 7.15. The quantitative estimate of drug-likeness (QED) is 0.662. The van der Waals surface area contributed by atoms with Crippen molar-refractivity contribution in [3.63, 3.8) is 0 Å². The van der Waals surface area contributed by atoms with Crippen molar-refractivity contribution in [1.82, 2.24) is 10.6 Å². The Bertz CT molecular complexity index is 842. The second-order valence-corrected chi connectivity index (χ2v) is 8.10. The number of thiophene rings is 1. The highest BCUT2D eigenvalue weighted by Crippen LogP contribution is 2.31. The maximum atomic E-state index is 12.2. The molecule has 0 atom stereocenters. The van der Waals surface area contributed by atoms with Gasteiger partial charge in [0.25, 0.3) is 5.91 Å². The van der Waals surface area contributed by atoms with E-state index in [-0.39, 0.29) is 30.3 Å². The molecule has 3 N–H and O–H groups in total. The molecule has 0 saturated carbocycles. The van der Waals surface area contributed by atoms with Gasteiger partial charge in [-0.15, -0.1) is 11.3 Å². The van der Waals surface area contributed by atoms with E-state index >= 15 is 0 Å². The van der Waals surface area contributed by atoms with Gasteiger partial charge in [-0.1, -0.05) is 32.9 Å². The van der Waals surface area contributed by atoms with Gasteiger partial charge in [-0.25, -0.2) is 0 Å². The topological polar surface area (TPSA) is 96.5 Å². The number of methoxy groups -OCH3 is 1. The fraction of sp³-hybridized carbons (Fsp3) is 0.350. The highest BCUT2D eigenvalue weighted by molar-refractivity contribution is 7.12. The van der Waals surface area contributed by atoms with E-state index in [1.165, 1.54) is 18.4 Å². The molecule has 150 valence electrons. The normalized spacial score (nSPS) is 10.9. The van der Waals surface area contributed by atoms with Crippen molar-refractivity contribution in [3.05, 3.63) is 46.2 Å². The summed E-state index contributed by atoms with van der Waals surface area (Å²) in [6.45, 7) is 5.81. The SMILES string of the molecule is COc1ccc(C(C)(C)C)cc1NC(=O)CNC(=O)CNC(=O)c1cccs1. The first-order chi connectivity index (χ1) is 13.2. The third kappa shape index (κ3) is 6.09. The molecule has 7 nitrogen and oxygen atoms in total. The lowest BCUT2D eigenvalue weighted by molar-refractivity contribution is -0.123. The molecule has 0 unspecified atom stereocenters. The Labute approximate surface area is 168 Å². The predicted octanol–water partition coefficient (Wildman–Crippen LogP) is 2.54. The van der Waals surface area contributed by atoms with E-state index in [1.807, 2.05) is 12.1 Å². The molecule has 0 aliphatic heterocycles. The van der Waals surface area contributed by atoms with Crippen LogP contribution in [0.3, 0.4) is 0 Å². The molecule has 0 saturated heterocycles. The van der Waals surface area contributed by atoms with Crippen LogP contribution in [0.4, 0.5) is 5.69 Å². The number of hydrogen-bond donors (Lipinski definition) is 3. The lowest BCUT2D eigenvalue weighted by atomic mass is 9.87. The Hall–Kier alpha value is -2.87. The smallest absolute Gasteiger partial charge is 0.261 e. The molecule has 0 fully saturated rings.